The van der Waals surface area contributed by atoms with Gasteiger partial charge in [-0.25, -0.2) is 17.2 Å². The number of nitrogens with zero attached hydrogens (tertiary/aromatic N) is 1. The van der Waals surface area contributed by atoms with Crippen molar-refractivity contribution in [2.75, 3.05) is 34.2 Å². The van der Waals surface area contributed by atoms with Crippen LogP contribution < -0.4 is 24.7 Å². The molecule has 3 aromatic rings. The van der Waals surface area contributed by atoms with E-state index in [1.807, 2.05) is 0 Å². The molecule has 11 heteroatoms. The zero-order valence-electron chi connectivity index (χ0n) is 19.7. The molecular weight excluding hydrogens is 482 g/mol. The summed E-state index contributed by atoms with van der Waals surface area (Å²) in [4.78, 5) is -1.14. The van der Waals surface area contributed by atoms with Crippen molar-refractivity contribution in [3.05, 3.63) is 71.3 Å². The second-order valence-corrected chi connectivity index (χ2v) is 9.28. The van der Waals surface area contributed by atoms with Gasteiger partial charge in [0.25, 0.3) is 0 Å². The van der Waals surface area contributed by atoms with E-state index in [2.05, 4.69) is 0 Å². The summed E-state index contributed by atoms with van der Waals surface area (Å²) < 4.78 is 78.9. The fourth-order valence-corrected chi connectivity index (χ4v) is 5.02. The molecule has 0 aliphatic carbocycles. The average Bonchev–Trinajstić information content (AvgIpc) is 2.86. The van der Waals surface area contributed by atoms with Crippen molar-refractivity contribution in [1.29, 1.82) is 0 Å². The summed E-state index contributed by atoms with van der Waals surface area (Å²) in [6.45, 7) is -0.559. The van der Waals surface area contributed by atoms with E-state index in [1.54, 1.807) is 36.4 Å². The molecule has 0 atom stereocenters. The minimum Gasteiger partial charge on any atom is -0.497 e. The van der Waals surface area contributed by atoms with E-state index in [-0.39, 0.29) is 13.1 Å². The van der Waals surface area contributed by atoms with E-state index in [9.17, 15) is 17.2 Å². The first kappa shape index (κ1) is 26.0. The van der Waals surface area contributed by atoms with Crippen LogP contribution in [0, 0.1) is 11.6 Å². The molecule has 0 spiro atoms. The normalized spacial score (nSPS) is 11.4. The van der Waals surface area contributed by atoms with Gasteiger partial charge < -0.3 is 24.7 Å². The summed E-state index contributed by atoms with van der Waals surface area (Å²) in [7, 11) is 1.06. The third-order valence-corrected chi connectivity index (χ3v) is 7.19. The number of hydrogen-bond donors (Lipinski definition) is 1. The van der Waals surface area contributed by atoms with E-state index in [4.69, 9.17) is 24.7 Å². The van der Waals surface area contributed by atoms with Crippen LogP contribution in [0.2, 0.25) is 0 Å². The van der Waals surface area contributed by atoms with Crippen molar-refractivity contribution in [2.45, 2.75) is 18.0 Å². The smallest absolute Gasteiger partial charge is 0.249 e. The first-order chi connectivity index (χ1) is 16.7. The number of halogens is 2. The van der Waals surface area contributed by atoms with E-state index < -0.39 is 32.2 Å². The molecular formula is C24H26F2N2O6S. The molecule has 35 heavy (non-hydrogen) atoms. The molecule has 0 aliphatic heterocycles. The molecule has 3 aromatic carbocycles. The van der Waals surface area contributed by atoms with Gasteiger partial charge in [0.1, 0.15) is 28.8 Å². The Labute approximate surface area is 202 Å². The van der Waals surface area contributed by atoms with Gasteiger partial charge in [0.15, 0.2) is 10.7 Å². The molecule has 188 valence electrons. The predicted molar refractivity (Wildman–Crippen MR) is 126 cm³/mol. The van der Waals surface area contributed by atoms with Crippen molar-refractivity contribution in [3.63, 3.8) is 0 Å². The van der Waals surface area contributed by atoms with Crippen LogP contribution in [0.4, 0.5) is 14.5 Å². The van der Waals surface area contributed by atoms with Crippen LogP contribution in [-0.2, 0) is 23.1 Å². The monoisotopic (exact) mass is 508 g/mol. The van der Waals surface area contributed by atoms with Crippen LogP contribution in [0.1, 0.15) is 11.1 Å². The lowest BCUT2D eigenvalue weighted by atomic mass is 10.1. The Morgan fingerprint density at radius 2 is 1.26 bits per heavy atom. The Hall–Kier alpha value is -3.57. The van der Waals surface area contributed by atoms with E-state index in [0.717, 1.165) is 16.4 Å². The zero-order valence-corrected chi connectivity index (χ0v) is 20.5. The van der Waals surface area contributed by atoms with Gasteiger partial charge in [-0.05, 0) is 24.3 Å². The molecule has 0 fully saturated rings. The molecule has 0 bridgehead atoms. The lowest BCUT2D eigenvalue weighted by Gasteiger charge is -2.25. The Balaban J connectivity index is 2.16. The summed E-state index contributed by atoms with van der Waals surface area (Å²) in [5, 5.41) is 0. The maximum Gasteiger partial charge on any atom is 0.249 e. The molecule has 8 nitrogen and oxygen atoms in total. The van der Waals surface area contributed by atoms with Gasteiger partial charge in [-0.3, -0.25) is 0 Å². The molecule has 0 saturated heterocycles. The van der Waals surface area contributed by atoms with E-state index in [1.165, 1.54) is 28.4 Å². The summed E-state index contributed by atoms with van der Waals surface area (Å²) in [5.41, 5.74) is 5.94. The van der Waals surface area contributed by atoms with Crippen molar-refractivity contribution in [1.82, 2.24) is 4.31 Å². The highest BCUT2D eigenvalue weighted by atomic mass is 32.2. The molecule has 2 N–H and O–H groups in total. The number of benzene rings is 3. The molecule has 0 radical (unpaired) electrons. The van der Waals surface area contributed by atoms with Gasteiger partial charge in [0.05, 0.1) is 34.1 Å². The number of ether oxygens (including phenoxy) is 4. The number of hydrogen-bond acceptors (Lipinski definition) is 7. The van der Waals surface area contributed by atoms with E-state index >= 15 is 0 Å². The minimum absolute atomic E-state index is 0.279. The number of nitrogens with two attached hydrogens (primary N) is 1. The van der Waals surface area contributed by atoms with Gasteiger partial charge in [0, 0.05) is 36.3 Å². The highest BCUT2D eigenvalue weighted by molar-refractivity contribution is 7.89. The molecule has 0 unspecified atom stereocenters. The Kier molecular flexibility index (Phi) is 8.03. The SMILES string of the molecule is COc1ccc(CN(Cc2ccc(OC)cc2OC)S(=O)(=O)c2c(F)ccc(N)c2F)c(OC)c1. The number of sulfonamides is 1. The molecule has 0 heterocycles. The number of anilines is 1. The van der Waals surface area contributed by atoms with Crippen LogP contribution in [0.15, 0.2) is 53.4 Å². The van der Waals surface area contributed by atoms with Gasteiger partial charge in [-0.1, -0.05) is 12.1 Å². The molecule has 0 aliphatic rings. The minimum atomic E-state index is -4.73. The van der Waals surface area contributed by atoms with Crippen LogP contribution in [0.5, 0.6) is 23.0 Å². The van der Waals surface area contributed by atoms with Crippen molar-refractivity contribution >= 4 is 15.7 Å². The fourth-order valence-electron chi connectivity index (χ4n) is 3.48. The van der Waals surface area contributed by atoms with Crippen LogP contribution in [-0.4, -0.2) is 41.2 Å². The van der Waals surface area contributed by atoms with Gasteiger partial charge in [-0.2, -0.15) is 4.31 Å². The zero-order chi connectivity index (χ0) is 25.8. The number of rotatable bonds is 10. The third-order valence-electron chi connectivity index (χ3n) is 5.36. The van der Waals surface area contributed by atoms with Gasteiger partial charge >= 0.3 is 0 Å². The van der Waals surface area contributed by atoms with Gasteiger partial charge in [0.2, 0.25) is 10.0 Å². The summed E-state index contributed by atoms with van der Waals surface area (Å²) in [5.74, 6) is -0.975. The Bertz CT molecular complexity index is 1260. The second-order valence-electron chi connectivity index (χ2n) is 7.41. The van der Waals surface area contributed by atoms with Crippen LogP contribution in [0.25, 0.3) is 0 Å². The summed E-state index contributed by atoms with van der Waals surface area (Å²) in [6.07, 6.45) is 0. The van der Waals surface area contributed by atoms with E-state index in [0.29, 0.717) is 34.1 Å². The Morgan fingerprint density at radius 1 is 0.771 bits per heavy atom. The first-order valence-electron chi connectivity index (χ1n) is 10.3. The number of nitrogen functional groups attached to an aromatic ring is 1. The Morgan fingerprint density at radius 3 is 1.69 bits per heavy atom. The first-order valence-corrected chi connectivity index (χ1v) is 11.8. The quantitative estimate of drug-likeness (QED) is 0.414. The summed E-state index contributed by atoms with van der Waals surface area (Å²) >= 11 is 0. The van der Waals surface area contributed by atoms with Crippen molar-refractivity contribution in [2.24, 2.45) is 0 Å². The van der Waals surface area contributed by atoms with Crippen LogP contribution in [0.3, 0.4) is 0 Å². The standard InChI is InChI=1S/C24H26F2N2O6S/c1-31-17-7-5-15(21(11-17)33-3)13-28(14-16-6-8-18(32-2)12-22(16)34-4)35(29,30)24-19(25)9-10-20(27)23(24)26/h5-12H,13-14,27H2,1-4H3. The molecule has 3 rings (SSSR count). The summed E-state index contributed by atoms with van der Waals surface area (Å²) in [6, 6.07) is 11.4. The molecule has 0 saturated carbocycles. The maximum atomic E-state index is 14.8. The predicted octanol–water partition coefficient (Wildman–Crippen LogP) is 3.97. The van der Waals surface area contributed by atoms with Gasteiger partial charge in [-0.15, -0.1) is 0 Å². The molecule has 0 amide bonds. The van der Waals surface area contributed by atoms with Crippen molar-refractivity contribution in [3.8, 4) is 23.0 Å². The number of methoxy groups -OCH3 is 4. The topological polar surface area (TPSA) is 100 Å². The van der Waals surface area contributed by atoms with Crippen molar-refractivity contribution < 1.29 is 36.1 Å². The fraction of sp³-hybridized carbons (Fsp3) is 0.250. The lowest BCUT2D eigenvalue weighted by molar-refractivity contribution is 0.355. The highest BCUT2D eigenvalue weighted by Crippen LogP contribution is 2.33. The lowest BCUT2D eigenvalue weighted by Crippen LogP contribution is -2.32. The molecule has 0 aromatic heterocycles. The third kappa shape index (κ3) is 5.41. The maximum absolute atomic E-state index is 14.8. The average molecular weight is 509 g/mol. The van der Waals surface area contributed by atoms with Crippen LogP contribution >= 0.6 is 0 Å². The largest absolute Gasteiger partial charge is 0.497 e. The second kappa shape index (κ2) is 10.8. The highest BCUT2D eigenvalue weighted by Gasteiger charge is 2.33.